The van der Waals surface area contributed by atoms with E-state index in [0.29, 0.717) is 13.2 Å². The smallest absolute Gasteiger partial charge is 0.302 e. The summed E-state index contributed by atoms with van der Waals surface area (Å²) in [5, 5.41) is 0. The number of unbranched alkanes of at least 4 members (excludes halogenated alkanes) is 4. The van der Waals surface area contributed by atoms with E-state index in [4.69, 9.17) is 9.05 Å². The zero-order valence-electron chi connectivity index (χ0n) is 10.3. The summed E-state index contributed by atoms with van der Waals surface area (Å²) in [5.41, 5.74) is 0. The number of phosphoric ester groups is 1. The van der Waals surface area contributed by atoms with Crippen molar-refractivity contribution in [3.05, 3.63) is 0 Å². The summed E-state index contributed by atoms with van der Waals surface area (Å²) in [6.45, 7) is 4.74. The average Bonchev–Trinajstić information content (AvgIpc) is 2.20. The predicted octanol–water partition coefficient (Wildman–Crippen LogP) is 3.50. The van der Waals surface area contributed by atoms with Gasteiger partial charge in [-0.2, -0.15) is 0 Å². The van der Waals surface area contributed by atoms with Gasteiger partial charge in [0, 0.05) is 40.8 Å². The Morgan fingerprint density at radius 2 is 1.31 bits per heavy atom. The van der Waals surface area contributed by atoms with E-state index in [9.17, 15) is 9.46 Å². The van der Waals surface area contributed by atoms with Crippen molar-refractivity contribution in [1.29, 1.82) is 0 Å². The van der Waals surface area contributed by atoms with Crippen molar-refractivity contribution in [3.8, 4) is 0 Å². The van der Waals surface area contributed by atoms with Gasteiger partial charge in [0.05, 0.1) is 13.2 Å². The molecule has 0 aromatic heterocycles. The molecule has 0 amide bonds. The van der Waals surface area contributed by atoms with Crippen LogP contribution >= 0.6 is 7.82 Å². The minimum Gasteiger partial charge on any atom is -0.302 e. The quantitative estimate of drug-likeness (QED) is 0.464. The first kappa shape index (κ1) is 19.8. The van der Waals surface area contributed by atoms with Crippen molar-refractivity contribution in [1.82, 2.24) is 0 Å². The Morgan fingerprint density at radius 1 is 0.938 bits per heavy atom. The third-order valence-electron chi connectivity index (χ3n) is 2.00. The maximum absolute atomic E-state index is 11.3. The van der Waals surface area contributed by atoms with Crippen LogP contribution in [-0.4, -0.2) is 18.1 Å². The fourth-order valence-corrected chi connectivity index (χ4v) is 1.90. The van der Waals surface area contributed by atoms with Crippen molar-refractivity contribution in [2.75, 3.05) is 13.2 Å². The molecule has 6 heteroatoms. The molecule has 0 saturated heterocycles. The van der Waals surface area contributed by atoms with Gasteiger partial charge in [-0.3, -0.25) is 9.05 Å². The Kier molecular flexibility index (Phi) is 16.0. The second-order valence-corrected chi connectivity index (χ2v) is 5.00. The Bertz CT molecular complexity index is 174. The van der Waals surface area contributed by atoms with Gasteiger partial charge in [-0.1, -0.05) is 39.5 Å². The maximum Gasteiger partial charge on any atom is 0.472 e. The molecule has 0 radical (unpaired) electrons. The fourth-order valence-electron chi connectivity index (χ4n) is 1.10. The van der Waals surface area contributed by atoms with Crippen LogP contribution < -0.4 is 0 Å². The minimum absolute atomic E-state index is 0. The van der Waals surface area contributed by atoms with E-state index in [2.05, 4.69) is 13.8 Å². The van der Waals surface area contributed by atoms with E-state index < -0.39 is 7.82 Å². The molecule has 1 N–H and O–H groups in total. The maximum atomic E-state index is 11.3. The second-order valence-electron chi connectivity index (χ2n) is 3.55. The number of hydrogen-bond donors (Lipinski definition) is 1. The van der Waals surface area contributed by atoms with Crippen molar-refractivity contribution in [3.63, 3.8) is 0 Å². The van der Waals surface area contributed by atoms with Crippen molar-refractivity contribution in [2.45, 2.75) is 52.4 Å². The molecule has 16 heavy (non-hydrogen) atoms. The van der Waals surface area contributed by atoms with Crippen LogP contribution in [0.1, 0.15) is 52.4 Å². The average molecular weight is 383 g/mol. The second kappa shape index (κ2) is 12.9. The van der Waals surface area contributed by atoms with Crippen LogP contribution in [0.4, 0.5) is 0 Å². The van der Waals surface area contributed by atoms with Crippen LogP contribution in [0.25, 0.3) is 0 Å². The molecule has 0 bridgehead atoms. The Balaban J connectivity index is 0. The first-order valence-corrected chi connectivity index (χ1v) is 7.23. The summed E-state index contributed by atoms with van der Waals surface area (Å²) < 4.78 is 20.9. The van der Waals surface area contributed by atoms with Gasteiger partial charge >= 0.3 is 7.82 Å². The van der Waals surface area contributed by atoms with Crippen molar-refractivity contribution >= 4 is 7.82 Å². The van der Waals surface area contributed by atoms with E-state index in [1.807, 2.05) is 0 Å². The zero-order chi connectivity index (χ0) is 11.6. The normalized spacial score (nSPS) is 11.2. The molecule has 0 saturated carbocycles. The molecular formula is C10H23NdO4P. The van der Waals surface area contributed by atoms with E-state index in [1.165, 1.54) is 0 Å². The van der Waals surface area contributed by atoms with Crippen LogP contribution in [0, 0.1) is 40.8 Å². The van der Waals surface area contributed by atoms with Gasteiger partial charge < -0.3 is 4.89 Å². The summed E-state index contributed by atoms with van der Waals surface area (Å²) in [4.78, 5) is 9.22. The molecule has 0 aliphatic carbocycles. The summed E-state index contributed by atoms with van der Waals surface area (Å²) in [6.07, 6.45) is 5.76. The first-order chi connectivity index (χ1) is 7.12. The van der Waals surface area contributed by atoms with Gasteiger partial charge in [0.25, 0.3) is 0 Å². The first-order valence-electron chi connectivity index (χ1n) is 5.74. The van der Waals surface area contributed by atoms with Crippen LogP contribution in [0.5, 0.6) is 0 Å². The summed E-state index contributed by atoms with van der Waals surface area (Å²) in [7, 11) is -3.77. The fraction of sp³-hybridized carbons (Fsp3) is 1.00. The zero-order valence-corrected chi connectivity index (χ0v) is 14.4. The molecule has 0 aliphatic rings. The van der Waals surface area contributed by atoms with Crippen molar-refractivity contribution < 1.29 is 59.3 Å². The van der Waals surface area contributed by atoms with Crippen LogP contribution in [0.15, 0.2) is 0 Å². The molecule has 0 aromatic carbocycles. The van der Waals surface area contributed by atoms with E-state index in [1.54, 1.807) is 0 Å². The van der Waals surface area contributed by atoms with Gasteiger partial charge in [0.15, 0.2) is 0 Å². The van der Waals surface area contributed by atoms with Crippen LogP contribution in [-0.2, 0) is 13.6 Å². The number of rotatable bonds is 10. The largest absolute Gasteiger partial charge is 0.472 e. The third kappa shape index (κ3) is 13.5. The Morgan fingerprint density at radius 3 is 1.62 bits per heavy atom. The van der Waals surface area contributed by atoms with Gasteiger partial charge in [-0.05, 0) is 12.8 Å². The summed E-state index contributed by atoms with van der Waals surface area (Å²) >= 11 is 0. The molecule has 0 spiro atoms. The monoisotopic (exact) mass is 380 g/mol. The van der Waals surface area contributed by atoms with Gasteiger partial charge in [0.2, 0.25) is 0 Å². The Hall–Kier alpha value is 1.46. The molecule has 0 aliphatic heterocycles. The van der Waals surface area contributed by atoms with E-state index in [-0.39, 0.29) is 40.8 Å². The molecule has 0 atom stereocenters. The van der Waals surface area contributed by atoms with Gasteiger partial charge in [-0.25, -0.2) is 4.57 Å². The standard InChI is InChI=1S/C10H23O4P.Nd/c1-3-5-7-9-13-15(11,12)14-10-8-6-4-2;/h3-10H2,1-2H3,(H,11,12);. The predicted molar refractivity (Wildman–Crippen MR) is 60.8 cm³/mol. The molecule has 0 fully saturated rings. The number of hydrogen-bond acceptors (Lipinski definition) is 3. The topological polar surface area (TPSA) is 55.8 Å². The number of phosphoric acid groups is 1. The van der Waals surface area contributed by atoms with E-state index in [0.717, 1.165) is 38.5 Å². The molecule has 0 heterocycles. The van der Waals surface area contributed by atoms with Crippen molar-refractivity contribution in [2.24, 2.45) is 0 Å². The molecule has 0 rings (SSSR count). The Labute approximate surface area is 132 Å². The molecule has 0 aromatic rings. The third-order valence-corrected chi connectivity index (χ3v) is 3.02. The minimum atomic E-state index is -3.77. The summed E-state index contributed by atoms with van der Waals surface area (Å²) in [5.74, 6) is 0. The molecular weight excluding hydrogens is 359 g/mol. The molecule has 96 valence electrons. The van der Waals surface area contributed by atoms with Gasteiger partial charge in [0.1, 0.15) is 0 Å². The molecule has 4 nitrogen and oxygen atoms in total. The van der Waals surface area contributed by atoms with E-state index >= 15 is 0 Å². The molecule has 0 unspecified atom stereocenters. The summed E-state index contributed by atoms with van der Waals surface area (Å²) in [6, 6.07) is 0. The van der Waals surface area contributed by atoms with Crippen LogP contribution in [0.2, 0.25) is 0 Å². The van der Waals surface area contributed by atoms with Crippen LogP contribution in [0.3, 0.4) is 0 Å². The SMILES string of the molecule is CCCCCOP(=O)(O)OCCCCC.[Nd]. The van der Waals surface area contributed by atoms with Gasteiger partial charge in [-0.15, -0.1) is 0 Å².